The van der Waals surface area contributed by atoms with Gasteiger partial charge in [0.25, 0.3) is 0 Å². The molecule has 3 N–H and O–H groups in total. The van der Waals surface area contributed by atoms with E-state index in [1.54, 1.807) is 12.1 Å². The Balaban J connectivity index is 2.30. The second kappa shape index (κ2) is 5.02. The van der Waals surface area contributed by atoms with Gasteiger partial charge in [0, 0.05) is 6.42 Å². The molecule has 2 aromatic carbocycles. The lowest BCUT2D eigenvalue weighted by molar-refractivity contribution is -0.112. The summed E-state index contributed by atoms with van der Waals surface area (Å²) < 4.78 is 0. The van der Waals surface area contributed by atoms with Crippen molar-refractivity contribution in [3.63, 3.8) is 0 Å². The average Bonchev–Trinajstić information content (AvgIpc) is 2.40. The zero-order chi connectivity index (χ0) is 13.0. The summed E-state index contributed by atoms with van der Waals surface area (Å²) in [5.41, 5.74) is 6.78. The predicted octanol–water partition coefficient (Wildman–Crippen LogP) is 1.99. The molecule has 0 saturated heterocycles. The van der Waals surface area contributed by atoms with Crippen molar-refractivity contribution in [2.45, 2.75) is 12.0 Å². The summed E-state index contributed by atoms with van der Waals surface area (Å²) in [5, 5.41) is 9.26. The summed E-state index contributed by atoms with van der Waals surface area (Å²) in [6, 6.07) is 16.0. The summed E-state index contributed by atoms with van der Waals surface area (Å²) >= 11 is 0. The molecule has 0 heterocycles. The summed E-state index contributed by atoms with van der Waals surface area (Å²) in [4.78, 5) is 11.3. The standard InChI is InChI=1S/C15H15NO2/c16-15(11-17,10-12-4-2-1-3-5-12)13-6-8-14(18)9-7-13/h1-9,11,18H,10,16H2. The Hall–Kier alpha value is -2.13. The van der Waals surface area contributed by atoms with Gasteiger partial charge >= 0.3 is 0 Å². The molecule has 1 unspecified atom stereocenters. The van der Waals surface area contributed by atoms with Crippen LogP contribution in [0.15, 0.2) is 54.6 Å². The van der Waals surface area contributed by atoms with Crippen molar-refractivity contribution in [1.82, 2.24) is 0 Å². The normalized spacial score (nSPS) is 13.8. The lowest BCUT2D eigenvalue weighted by atomic mass is 9.86. The van der Waals surface area contributed by atoms with Crippen LogP contribution in [0.5, 0.6) is 5.75 Å². The number of aromatic hydroxyl groups is 1. The number of carbonyl (C=O) groups excluding carboxylic acids is 1. The van der Waals surface area contributed by atoms with Crippen molar-refractivity contribution < 1.29 is 9.90 Å². The van der Waals surface area contributed by atoms with E-state index in [0.717, 1.165) is 11.8 Å². The minimum atomic E-state index is -1.06. The molecule has 0 aliphatic carbocycles. The number of phenolic OH excluding ortho intramolecular Hbond substituents is 1. The maximum absolute atomic E-state index is 11.3. The highest BCUT2D eigenvalue weighted by Gasteiger charge is 2.27. The molecule has 0 bridgehead atoms. The number of phenols is 1. The van der Waals surface area contributed by atoms with Crippen LogP contribution in [0.1, 0.15) is 11.1 Å². The Bertz CT molecular complexity index is 522. The van der Waals surface area contributed by atoms with Crippen LogP contribution in [0.25, 0.3) is 0 Å². The van der Waals surface area contributed by atoms with Crippen LogP contribution in [-0.2, 0) is 16.8 Å². The first-order valence-electron chi connectivity index (χ1n) is 5.73. The number of benzene rings is 2. The van der Waals surface area contributed by atoms with Crippen LogP contribution in [0.4, 0.5) is 0 Å². The number of nitrogens with two attached hydrogens (primary N) is 1. The Labute approximate surface area is 106 Å². The van der Waals surface area contributed by atoms with Crippen LogP contribution < -0.4 is 5.73 Å². The van der Waals surface area contributed by atoms with Gasteiger partial charge in [-0.25, -0.2) is 0 Å². The number of rotatable bonds is 4. The van der Waals surface area contributed by atoms with Gasteiger partial charge in [-0.05, 0) is 23.3 Å². The molecular formula is C15H15NO2. The molecule has 2 aromatic rings. The first-order valence-corrected chi connectivity index (χ1v) is 5.73. The zero-order valence-electron chi connectivity index (χ0n) is 9.91. The molecule has 92 valence electrons. The van der Waals surface area contributed by atoms with E-state index in [0.29, 0.717) is 12.0 Å². The molecular weight excluding hydrogens is 226 g/mol. The van der Waals surface area contributed by atoms with E-state index in [1.165, 1.54) is 12.1 Å². The number of hydrogen-bond donors (Lipinski definition) is 2. The minimum Gasteiger partial charge on any atom is -0.508 e. The van der Waals surface area contributed by atoms with Gasteiger partial charge in [-0.2, -0.15) is 0 Å². The predicted molar refractivity (Wildman–Crippen MR) is 70.2 cm³/mol. The summed E-state index contributed by atoms with van der Waals surface area (Å²) in [7, 11) is 0. The first kappa shape index (κ1) is 12.3. The van der Waals surface area contributed by atoms with E-state index >= 15 is 0 Å². The largest absolute Gasteiger partial charge is 0.508 e. The van der Waals surface area contributed by atoms with Gasteiger partial charge in [-0.3, -0.25) is 0 Å². The molecule has 18 heavy (non-hydrogen) atoms. The zero-order valence-corrected chi connectivity index (χ0v) is 9.91. The van der Waals surface area contributed by atoms with Crippen molar-refractivity contribution in [2.24, 2.45) is 5.73 Å². The van der Waals surface area contributed by atoms with Gasteiger partial charge in [0.15, 0.2) is 0 Å². The molecule has 3 nitrogen and oxygen atoms in total. The van der Waals surface area contributed by atoms with E-state index in [1.807, 2.05) is 30.3 Å². The number of carbonyl (C=O) groups is 1. The molecule has 0 saturated carbocycles. The fraction of sp³-hybridized carbons (Fsp3) is 0.133. The highest BCUT2D eigenvalue weighted by Crippen LogP contribution is 2.23. The number of aldehydes is 1. The fourth-order valence-electron chi connectivity index (χ4n) is 1.92. The molecule has 3 heteroatoms. The Morgan fingerprint density at radius 3 is 2.22 bits per heavy atom. The molecule has 0 spiro atoms. The minimum absolute atomic E-state index is 0.159. The monoisotopic (exact) mass is 241 g/mol. The van der Waals surface area contributed by atoms with E-state index in [2.05, 4.69) is 0 Å². The third-order valence-electron chi connectivity index (χ3n) is 2.95. The molecule has 0 radical (unpaired) electrons. The molecule has 0 fully saturated rings. The van der Waals surface area contributed by atoms with E-state index in [9.17, 15) is 9.90 Å². The van der Waals surface area contributed by atoms with Crippen molar-refractivity contribution in [1.29, 1.82) is 0 Å². The Morgan fingerprint density at radius 1 is 1.06 bits per heavy atom. The van der Waals surface area contributed by atoms with Crippen LogP contribution >= 0.6 is 0 Å². The van der Waals surface area contributed by atoms with Gasteiger partial charge in [-0.1, -0.05) is 42.5 Å². The lowest BCUT2D eigenvalue weighted by Crippen LogP contribution is -2.40. The Kier molecular flexibility index (Phi) is 3.44. The Morgan fingerprint density at radius 2 is 1.67 bits per heavy atom. The van der Waals surface area contributed by atoms with Crippen molar-refractivity contribution >= 4 is 6.29 Å². The highest BCUT2D eigenvalue weighted by atomic mass is 16.3. The maximum Gasteiger partial charge on any atom is 0.144 e. The van der Waals surface area contributed by atoms with Gasteiger partial charge in [0.05, 0.1) is 0 Å². The second-order valence-electron chi connectivity index (χ2n) is 4.37. The quantitative estimate of drug-likeness (QED) is 0.805. The van der Waals surface area contributed by atoms with Crippen LogP contribution in [0.2, 0.25) is 0 Å². The van der Waals surface area contributed by atoms with E-state index < -0.39 is 5.54 Å². The molecule has 0 aliphatic rings. The molecule has 0 amide bonds. The molecule has 0 aliphatic heterocycles. The first-order chi connectivity index (χ1) is 8.64. The van der Waals surface area contributed by atoms with Crippen molar-refractivity contribution in [2.75, 3.05) is 0 Å². The second-order valence-corrected chi connectivity index (χ2v) is 4.37. The number of hydrogen-bond acceptors (Lipinski definition) is 3. The smallest absolute Gasteiger partial charge is 0.144 e. The van der Waals surface area contributed by atoms with Crippen LogP contribution in [0, 0.1) is 0 Å². The van der Waals surface area contributed by atoms with E-state index in [-0.39, 0.29) is 5.75 Å². The van der Waals surface area contributed by atoms with Gasteiger partial charge in [0.2, 0.25) is 0 Å². The fourth-order valence-corrected chi connectivity index (χ4v) is 1.92. The van der Waals surface area contributed by atoms with Crippen molar-refractivity contribution in [3.8, 4) is 5.75 Å². The summed E-state index contributed by atoms with van der Waals surface area (Å²) in [5.74, 6) is 0.159. The molecule has 2 rings (SSSR count). The topological polar surface area (TPSA) is 63.3 Å². The van der Waals surface area contributed by atoms with Crippen molar-refractivity contribution in [3.05, 3.63) is 65.7 Å². The van der Waals surface area contributed by atoms with Gasteiger partial charge < -0.3 is 15.6 Å². The van der Waals surface area contributed by atoms with Crippen LogP contribution in [-0.4, -0.2) is 11.4 Å². The lowest BCUT2D eigenvalue weighted by Gasteiger charge is -2.23. The maximum atomic E-state index is 11.3. The molecule has 1 atom stereocenters. The van der Waals surface area contributed by atoms with Gasteiger partial charge in [0.1, 0.15) is 17.6 Å². The summed E-state index contributed by atoms with van der Waals surface area (Å²) in [6.45, 7) is 0. The average molecular weight is 241 g/mol. The highest BCUT2D eigenvalue weighted by molar-refractivity contribution is 5.68. The van der Waals surface area contributed by atoms with E-state index in [4.69, 9.17) is 5.73 Å². The molecule has 0 aromatic heterocycles. The third kappa shape index (κ3) is 2.57. The SMILES string of the molecule is NC(C=O)(Cc1ccccc1)c1ccc(O)cc1. The third-order valence-corrected chi connectivity index (χ3v) is 2.95. The van der Waals surface area contributed by atoms with Gasteiger partial charge in [-0.15, -0.1) is 0 Å². The van der Waals surface area contributed by atoms with Crippen LogP contribution in [0.3, 0.4) is 0 Å². The summed E-state index contributed by atoms with van der Waals surface area (Å²) in [6.07, 6.45) is 1.19.